The summed E-state index contributed by atoms with van der Waals surface area (Å²) in [4.78, 5) is 31.2. The highest BCUT2D eigenvalue weighted by Gasteiger charge is 2.12. The fourth-order valence-electron chi connectivity index (χ4n) is 3.98. The monoisotopic (exact) mass is 457 g/mol. The smallest absolute Gasteiger partial charge is 0.267 e. The molecule has 1 amide bonds. The van der Waals surface area contributed by atoms with Crippen LogP contribution < -0.4 is 10.6 Å². The van der Waals surface area contributed by atoms with Gasteiger partial charge in [0.2, 0.25) is 5.95 Å². The molecule has 0 bridgehead atoms. The molecular weight excluding hydrogens is 430 g/mol. The van der Waals surface area contributed by atoms with Gasteiger partial charge in [0.1, 0.15) is 5.69 Å². The number of pyridine rings is 1. The third-order valence-electron chi connectivity index (χ3n) is 5.77. The number of nitrogens with one attached hydrogen (secondary N) is 3. The van der Waals surface area contributed by atoms with E-state index in [1.807, 2.05) is 42.5 Å². The maximum absolute atomic E-state index is 12.6. The lowest BCUT2D eigenvalue weighted by atomic mass is 10.2. The average Bonchev–Trinajstić information content (AvgIpc) is 3.32. The highest BCUT2D eigenvalue weighted by molar-refractivity contribution is 5.98. The van der Waals surface area contributed by atoms with Crippen LogP contribution in [0.4, 0.5) is 11.6 Å². The molecule has 174 valence electrons. The predicted octanol–water partition coefficient (Wildman–Crippen LogP) is 3.22. The van der Waals surface area contributed by atoms with Crippen molar-refractivity contribution < 1.29 is 9.53 Å². The summed E-state index contributed by atoms with van der Waals surface area (Å²) >= 11 is 0. The molecule has 3 aromatic heterocycles. The first kappa shape index (κ1) is 22.0. The summed E-state index contributed by atoms with van der Waals surface area (Å²) in [5.74, 6) is 0.398. The number of rotatable bonds is 8. The Morgan fingerprint density at radius 2 is 2.03 bits per heavy atom. The molecule has 1 fully saturated rings. The number of hydrogen-bond donors (Lipinski definition) is 3. The number of aromatic nitrogens is 4. The number of morpholine rings is 1. The van der Waals surface area contributed by atoms with E-state index in [0.717, 1.165) is 67.1 Å². The van der Waals surface area contributed by atoms with Gasteiger partial charge < -0.3 is 20.4 Å². The molecule has 1 saturated heterocycles. The van der Waals surface area contributed by atoms with Crippen LogP contribution in [0.3, 0.4) is 0 Å². The lowest BCUT2D eigenvalue weighted by Crippen LogP contribution is -2.38. The van der Waals surface area contributed by atoms with E-state index >= 15 is 0 Å². The van der Waals surface area contributed by atoms with Gasteiger partial charge in [-0.3, -0.25) is 14.7 Å². The highest BCUT2D eigenvalue weighted by atomic mass is 16.5. The van der Waals surface area contributed by atoms with Crippen LogP contribution >= 0.6 is 0 Å². The summed E-state index contributed by atoms with van der Waals surface area (Å²) in [6.45, 7) is 5.12. The molecule has 4 heterocycles. The second-order valence-electron chi connectivity index (χ2n) is 8.18. The zero-order valence-electron chi connectivity index (χ0n) is 18.8. The van der Waals surface area contributed by atoms with Crippen molar-refractivity contribution in [2.45, 2.75) is 6.42 Å². The van der Waals surface area contributed by atoms with Crippen molar-refractivity contribution in [3.8, 4) is 11.3 Å². The Balaban J connectivity index is 1.20. The quantitative estimate of drug-likeness (QED) is 0.349. The van der Waals surface area contributed by atoms with Crippen LogP contribution in [-0.4, -0.2) is 70.1 Å². The van der Waals surface area contributed by atoms with E-state index < -0.39 is 0 Å². The first-order valence-corrected chi connectivity index (χ1v) is 11.5. The molecule has 5 rings (SSSR count). The maximum Gasteiger partial charge on any atom is 0.267 e. The summed E-state index contributed by atoms with van der Waals surface area (Å²) in [7, 11) is 0. The van der Waals surface area contributed by atoms with Gasteiger partial charge in [-0.25, -0.2) is 9.97 Å². The molecule has 0 saturated carbocycles. The third-order valence-corrected chi connectivity index (χ3v) is 5.77. The molecule has 0 radical (unpaired) electrons. The standard InChI is InChI=1S/C25H27N7O2/c33-24(27-8-2-10-32-11-13-34-14-12-32)23-16-19-15-20(4-5-21(19)30-23)29-25-28-9-6-22(31-25)18-3-1-7-26-17-18/h1,3-7,9,15-17,30H,2,8,10-14H2,(H,27,33)(H,28,29,31). The number of ether oxygens (including phenoxy) is 1. The van der Waals surface area contributed by atoms with Gasteiger partial charge in [-0.1, -0.05) is 0 Å². The van der Waals surface area contributed by atoms with Gasteiger partial charge in [-0.05, 0) is 55.4 Å². The van der Waals surface area contributed by atoms with Gasteiger partial charge in [0, 0.05) is 60.4 Å². The molecule has 0 atom stereocenters. The summed E-state index contributed by atoms with van der Waals surface area (Å²) in [5, 5.41) is 7.19. The first-order chi connectivity index (χ1) is 16.7. The summed E-state index contributed by atoms with van der Waals surface area (Å²) in [5.41, 5.74) is 4.00. The van der Waals surface area contributed by atoms with Gasteiger partial charge >= 0.3 is 0 Å². The van der Waals surface area contributed by atoms with Crippen molar-refractivity contribution >= 4 is 28.4 Å². The lowest BCUT2D eigenvalue weighted by Gasteiger charge is -2.26. The molecule has 1 aliphatic rings. The number of fused-ring (bicyclic) bond motifs is 1. The Hall–Kier alpha value is -3.82. The second-order valence-corrected chi connectivity index (χ2v) is 8.18. The molecule has 9 heteroatoms. The zero-order valence-corrected chi connectivity index (χ0v) is 18.8. The van der Waals surface area contributed by atoms with Gasteiger partial charge in [-0.15, -0.1) is 0 Å². The summed E-state index contributed by atoms with van der Waals surface area (Å²) in [6, 6.07) is 13.4. The van der Waals surface area contributed by atoms with E-state index in [-0.39, 0.29) is 5.91 Å². The Bertz CT molecular complexity index is 1250. The van der Waals surface area contributed by atoms with Crippen molar-refractivity contribution in [1.82, 2.24) is 30.2 Å². The van der Waals surface area contributed by atoms with Crippen molar-refractivity contribution in [3.63, 3.8) is 0 Å². The number of H-pyrrole nitrogens is 1. The number of amides is 1. The van der Waals surface area contributed by atoms with Crippen LogP contribution in [0.15, 0.2) is 61.1 Å². The van der Waals surface area contributed by atoms with Crippen molar-refractivity contribution in [3.05, 3.63) is 66.7 Å². The van der Waals surface area contributed by atoms with E-state index in [4.69, 9.17) is 4.74 Å². The lowest BCUT2D eigenvalue weighted by molar-refractivity contribution is 0.0374. The Labute approximate surface area is 197 Å². The maximum atomic E-state index is 12.6. The minimum Gasteiger partial charge on any atom is -0.379 e. The number of carbonyl (C=O) groups is 1. The Kier molecular flexibility index (Phi) is 6.73. The van der Waals surface area contributed by atoms with Crippen LogP contribution in [0, 0.1) is 0 Å². The molecule has 1 aromatic carbocycles. The van der Waals surface area contributed by atoms with Crippen LogP contribution in [0.1, 0.15) is 16.9 Å². The molecule has 0 spiro atoms. The molecule has 0 unspecified atom stereocenters. The first-order valence-electron chi connectivity index (χ1n) is 11.5. The van der Waals surface area contributed by atoms with E-state index in [9.17, 15) is 4.79 Å². The SMILES string of the molecule is O=C(NCCCN1CCOCC1)c1cc2cc(Nc3nccc(-c4cccnc4)n3)ccc2[nH]1. The minimum atomic E-state index is -0.0970. The van der Waals surface area contributed by atoms with Crippen molar-refractivity contribution in [2.75, 3.05) is 44.7 Å². The van der Waals surface area contributed by atoms with Crippen molar-refractivity contribution in [2.24, 2.45) is 0 Å². The van der Waals surface area contributed by atoms with E-state index in [2.05, 4.69) is 35.5 Å². The number of aromatic amines is 1. The number of hydrogen-bond acceptors (Lipinski definition) is 7. The Morgan fingerprint density at radius 3 is 2.88 bits per heavy atom. The number of nitrogens with zero attached hydrogens (tertiary/aromatic N) is 4. The molecule has 3 N–H and O–H groups in total. The van der Waals surface area contributed by atoms with Crippen LogP contribution in [0.5, 0.6) is 0 Å². The molecular formula is C25H27N7O2. The fraction of sp³-hybridized carbons (Fsp3) is 0.280. The van der Waals surface area contributed by atoms with E-state index in [0.29, 0.717) is 18.2 Å². The number of carbonyl (C=O) groups excluding carboxylic acids is 1. The molecule has 0 aliphatic carbocycles. The second kappa shape index (κ2) is 10.4. The zero-order chi connectivity index (χ0) is 23.2. The average molecular weight is 458 g/mol. The van der Waals surface area contributed by atoms with Crippen LogP contribution in [-0.2, 0) is 4.74 Å². The highest BCUT2D eigenvalue weighted by Crippen LogP contribution is 2.23. The predicted molar refractivity (Wildman–Crippen MR) is 131 cm³/mol. The van der Waals surface area contributed by atoms with Gasteiger partial charge in [-0.2, -0.15) is 0 Å². The molecule has 9 nitrogen and oxygen atoms in total. The van der Waals surface area contributed by atoms with Crippen molar-refractivity contribution in [1.29, 1.82) is 0 Å². The topological polar surface area (TPSA) is 108 Å². The minimum absolute atomic E-state index is 0.0970. The fourth-order valence-corrected chi connectivity index (χ4v) is 3.98. The van der Waals surface area contributed by atoms with Crippen LogP contribution in [0.2, 0.25) is 0 Å². The molecule has 4 aromatic rings. The Morgan fingerprint density at radius 1 is 1.12 bits per heavy atom. The van der Waals surface area contributed by atoms with E-state index in [1.165, 1.54) is 0 Å². The van der Waals surface area contributed by atoms with Gasteiger partial charge in [0.25, 0.3) is 5.91 Å². The third kappa shape index (κ3) is 5.38. The normalized spacial score (nSPS) is 14.2. The number of benzene rings is 1. The van der Waals surface area contributed by atoms with Gasteiger partial charge in [0.15, 0.2) is 0 Å². The molecule has 34 heavy (non-hydrogen) atoms. The van der Waals surface area contributed by atoms with Gasteiger partial charge in [0.05, 0.1) is 18.9 Å². The number of anilines is 2. The van der Waals surface area contributed by atoms with Crippen LogP contribution in [0.25, 0.3) is 22.2 Å². The summed E-state index contributed by atoms with van der Waals surface area (Å²) in [6.07, 6.45) is 6.13. The summed E-state index contributed by atoms with van der Waals surface area (Å²) < 4.78 is 5.37. The van der Waals surface area contributed by atoms with E-state index in [1.54, 1.807) is 18.6 Å². The largest absolute Gasteiger partial charge is 0.379 e. The molecule has 1 aliphatic heterocycles.